The Hall–Kier alpha value is -2.70. The molecule has 0 radical (unpaired) electrons. The number of amides is 1. The van der Waals surface area contributed by atoms with Gasteiger partial charge in [-0.3, -0.25) is 9.48 Å². The largest absolute Gasteiger partial charge is 0.340 e. The van der Waals surface area contributed by atoms with Gasteiger partial charge in [0.05, 0.1) is 22.8 Å². The van der Waals surface area contributed by atoms with Crippen LogP contribution in [-0.4, -0.2) is 37.1 Å². The standard InChI is InChI=1S/C20H24FN5O/c1-12(2)9-14-11-18(25(3)24-14)20(27)26-8-4-5-17(26)19-22-15-7-6-13(21)10-16(15)23-19/h6-7,10-12,17H,4-5,8-9H2,1-3H3,(H,22,23). The molecule has 1 aliphatic heterocycles. The number of aromatic nitrogens is 4. The van der Waals surface area contributed by atoms with Crippen LogP contribution >= 0.6 is 0 Å². The van der Waals surface area contributed by atoms with Gasteiger partial charge in [0.25, 0.3) is 5.91 Å². The lowest BCUT2D eigenvalue weighted by molar-refractivity contribution is 0.0719. The normalized spacial score (nSPS) is 17.4. The molecule has 1 aliphatic rings. The average molecular weight is 369 g/mol. The summed E-state index contributed by atoms with van der Waals surface area (Å²) in [5.74, 6) is 0.864. The Morgan fingerprint density at radius 3 is 2.96 bits per heavy atom. The number of imidazole rings is 1. The average Bonchev–Trinajstić information content (AvgIpc) is 3.30. The molecule has 1 amide bonds. The van der Waals surface area contributed by atoms with Gasteiger partial charge < -0.3 is 9.88 Å². The highest BCUT2D eigenvalue weighted by molar-refractivity contribution is 5.93. The number of likely N-dealkylation sites (tertiary alicyclic amines) is 1. The third-order valence-corrected chi connectivity index (χ3v) is 5.06. The van der Waals surface area contributed by atoms with Crippen LogP contribution in [0.25, 0.3) is 11.0 Å². The number of rotatable bonds is 4. The number of H-pyrrole nitrogens is 1. The summed E-state index contributed by atoms with van der Waals surface area (Å²) in [6.45, 7) is 4.95. The number of hydrogen-bond donors (Lipinski definition) is 1. The zero-order valence-corrected chi connectivity index (χ0v) is 15.9. The molecular weight excluding hydrogens is 345 g/mol. The van der Waals surface area contributed by atoms with E-state index >= 15 is 0 Å². The van der Waals surface area contributed by atoms with Crippen molar-refractivity contribution in [3.63, 3.8) is 0 Å². The molecule has 0 saturated carbocycles. The third-order valence-electron chi connectivity index (χ3n) is 5.06. The summed E-state index contributed by atoms with van der Waals surface area (Å²) in [7, 11) is 1.81. The molecule has 142 valence electrons. The van der Waals surface area contributed by atoms with Crippen LogP contribution in [0.15, 0.2) is 24.3 Å². The molecule has 0 bridgehead atoms. The third kappa shape index (κ3) is 3.34. The maximum absolute atomic E-state index is 13.5. The zero-order valence-electron chi connectivity index (χ0n) is 15.9. The van der Waals surface area contributed by atoms with Crippen LogP contribution in [0.3, 0.4) is 0 Å². The monoisotopic (exact) mass is 369 g/mol. The molecule has 1 fully saturated rings. The Kier molecular flexibility index (Phi) is 4.45. The predicted molar refractivity (Wildman–Crippen MR) is 101 cm³/mol. The van der Waals surface area contributed by atoms with E-state index in [4.69, 9.17) is 0 Å². The van der Waals surface area contributed by atoms with E-state index in [1.165, 1.54) is 12.1 Å². The summed E-state index contributed by atoms with van der Waals surface area (Å²) in [5.41, 5.74) is 2.90. The first-order chi connectivity index (χ1) is 12.9. The maximum atomic E-state index is 13.5. The maximum Gasteiger partial charge on any atom is 0.272 e. The minimum atomic E-state index is -0.301. The fraction of sp³-hybridized carbons (Fsp3) is 0.450. The first kappa shape index (κ1) is 17.7. The van der Waals surface area contributed by atoms with Gasteiger partial charge in [0.2, 0.25) is 0 Å². The molecule has 3 aromatic rings. The van der Waals surface area contributed by atoms with Crippen molar-refractivity contribution in [1.82, 2.24) is 24.6 Å². The van der Waals surface area contributed by atoms with E-state index in [9.17, 15) is 9.18 Å². The molecule has 27 heavy (non-hydrogen) atoms. The first-order valence-corrected chi connectivity index (χ1v) is 9.41. The second-order valence-electron chi connectivity index (χ2n) is 7.68. The predicted octanol–water partition coefficient (Wildman–Crippen LogP) is 3.61. The van der Waals surface area contributed by atoms with Gasteiger partial charge in [0, 0.05) is 13.6 Å². The molecule has 0 spiro atoms. The van der Waals surface area contributed by atoms with E-state index in [1.54, 1.807) is 10.7 Å². The van der Waals surface area contributed by atoms with E-state index in [0.29, 0.717) is 35.0 Å². The number of carbonyl (C=O) groups excluding carboxylic acids is 1. The zero-order chi connectivity index (χ0) is 19.1. The van der Waals surface area contributed by atoms with Crippen LogP contribution in [0.5, 0.6) is 0 Å². The molecule has 1 aromatic carbocycles. The number of benzene rings is 1. The van der Waals surface area contributed by atoms with Gasteiger partial charge in [-0.2, -0.15) is 5.10 Å². The second kappa shape index (κ2) is 6.79. The first-order valence-electron chi connectivity index (χ1n) is 9.41. The lowest BCUT2D eigenvalue weighted by atomic mass is 10.1. The van der Waals surface area contributed by atoms with Gasteiger partial charge in [0.15, 0.2) is 0 Å². The van der Waals surface area contributed by atoms with Crippen LogP contribution in [0.2, 0.25) is 0 Å². The minimum absolute atomic E-state index is 0.0332. The van der Waals surface area contributed by atoms with Crippen LogP contribution in [0, 0.1) is 11.7 Å². The van der Waals surface area contributed by atoms with Gasteiger partial charge in [-0.25, -0.2) is 9.37 Å². The Morgan fingerprint density at radius 2 is 2.19 bits per heavy atom. The highest BCUT2D eigenvalue weighted by Crippen LogP contribution is 2.33. The van der Waals surface area contributed by atoms with Gasteiger partial charge in [-0.15, -0.1) is 0 Å². The molecule has 1 saturated heterocycles. The molecular formula is C20H24FN5O. The Balaban J connectivity index is 1.62. The Labute approximate surface area is 157 Å². The number of hydrogen-bond acceptors (Lipinski definition) is 3. The number of aryl methyl sites for hydroxylation is 1. The number of nitrogens with one attached hydrogen (secondary N) is 1. The summed E-state index contributed by atoms with van der Waals surface area (Å²) in [4.78, 5) is 22.8. The summed E-state index contributed by atoms with van der Waals surface area (Å²) in [5, 5.41) is 4.49. The Morgan fingerprint density at radius 1 is 1.37 bits per heavy atom. The molecule has 0 aliphatic carbocycles. The fourth-order valence-electron chi connectivity index (χ4n) is 3.85. The lowest BCUT2D eigenvalue weighted by Gasteiger charge is -2.23. The number of halogens is 1. The number of aromatic amines is 1. The smallest absolute Gasteiger partial charge is 0.272 e. The number of carbonyl (C=O) groups is 1. The van der Waals surface area contributed by atoms with Crippen molar-refractivity contribution in [2.45, 2.75) is 39.2 Å². The van der Waals surface area contributed by atoms with Crippen molar-refractivity contribution in [1.29, 1.82) is 0 Å². The molecule has 2 aromatic heterocycles. The van der Waals surface area contributed by atoms with E-state index in [0.717, 1.165) is 25.0 Å². The minimum Gasteiger partial charge on any atom is -0.340 e. The van der Waals surface area contributed by atoms with E-state index < -0.39 is 0 Å². The summed E-state index contributed by atoms with van der Waals surface area (Å²) < 4.78 is 15.1. The highest BCUT2D eigenvalue weighted by atomic mass is 19.1. The molecule has 1 N–H and O–H groups in total. The van der Waals surface area contributed by atoms with Gasteiger partial charge >= 0.3 is 0 Å². The summed E-state index contributed by atoms with van der Waals surface area (Å²) in [6, 6.07) is 6.26. The topological polar surface area (TPSA) is 66.8 Å². The van der Waals surface area contributed by atoms with Crippen molar-refractivity contribution in [3.8, 4) is 0 Å². The molecule has 3 heterocycles. The van der Waals surface area contributed by atoms with Crippen LogP contribution < -0.4 is 0 Å². The lowest BCUT2D eigenvalue weighted by Crippen LogP contribution is -2.32. The number of nitrogens with zero attached hydrogens (tertiary/aromatic N) is 4. The fourth-order valence-corrected chi connectivity index (χ4v) is 3.85. The van der Waals surface area contributed by atoms with Crippen molar-refractivity contribution >= 4 is 16.9 Å². The number of fused-ring (bicyclic) bond motifs is 1. The van der Waals surface area contributed by atoms with Crippen LogP contribution in [-0.2, 0) is 13.5 Å². The van der Waals surface area contributed by atoms with Crippen molar-refractivity contribution in [2.75, 3.05) is 6.54 Å². The molecule has 7 heteroatoms. The van der Waals surface area contributed by atoms with E-state index in [1.807, 2.05) is 18.0 Å². The van der Waals surface area contributed by atoms with Crippen molar-refractivity contribution in [3.05, 3.63) is 47.3 Å². The van der Waals surface area contributed by atoms with E-state index in [2.05, 4.69) is 28.9 Å². The van der Waals surface area contributed by atoms with Gasteiger partial charge in [-0.05, 0) is 49.4 Å². The molecule has 4 rings (SSSR count). The van der Waals surface area contributed by atoms with Gasteiger partial charge in [-0.1, -0.05) is 13.8 Å². The molecule has 1 atom stereocenters. The van der Waals surface area contributed by atoms with Crippen molar-refractivity contribution < 1.29 is 9.18 Å². The van der Waals surface area contributed by atoms with Crippen molar-refractivity contribution in [2.24, 2.45) is 13.0 Å². The Bertz CT molecular complexity index is 990. The SMILES string of the molecule is CC(C)Cc1cc(C(=O)N2CCCC2c2nc3ccc(F)cc3[nH]2)n(C)n1. The highest BCUT2D eigenvalue weighted by Gasteiger charge is 2.34. The summed E-state index contributed by atoms with van der Waals surface area (Å²) in [6.07, 6.45) is 2.60. The molecule has 1 unspecified atom stereocenters. The molecule has 6 nitrogen and oxygen atoms in total. The quantitative estimate of drug-likeness (QED) is 0.764. The van der Waals surface area contributed by atoms with Crippen LogP contribution in [0.4, 0.5) is 4.39 Å². The van der Waals surface area contributed by atoms with Crippen LogP contribution in [0.1, 0.15) is 54.7 Å². The van der Waals surface area contributed by atoms with E-state index in [-0.39, 0.29) is 17.8 Å². The second-order valence-corrected chi connectivity index (χ2v) is 7.68. The summed E-state index contributed by atoms with van der Waals surface area (Å²) >= 11 is 0. The van der Waals surface area contributed by atoms with Gasteiger partial charge in [0.1, 0.15) is 17.3 Å².